The fraction of sp³-hybridized carbons (Fsp3) is 0.500. The molecule has 0 amide bonds. The molecule has 0 radical (unpaired) electrons. The summed E-state index contributed by atoms with van der Waals surface area (Å²) in [5.74, 6) is 5.57. The molecule has 1 rings (SSSR count). The second kappa shape index (κ2) is 5.37. The lowest BCUT2D eigenvalue weighted by atomic mass is 9.83. The Bertz CT molecular complexity index is 359. The molecule has 1 aromatic carbocycles. The number of benzene rings is 1. The Labute approximate surface area is 107 Å². The van der Waals surface area contributed by atoms with Gasteiger partial charge in [-0.2, -0.15) is 0 Å². The highest BCUT2D eigenvalue weighted by Crippen LogP contribution is 2.29. The third-order valence-corrected chi connectivity index (χ3v) is 3.56. The van der Waals surface area contributed by atoms with E-state index in [0.717, 1.165) is 12.0 Å². The number of hydrogen-bond donors (Lipinski definition) is 2. The molecule has 1 atom stereocenters. The molecule has 0 aromatic heterocycles. The monoisotopic (exact) mass is 260 g/mol. The van der Waals surface area contributed by atoms with Gasteiger partial charge in [0.2, 0.25) is 0 Å². The van der Waals surface area contributed by atoms with Gasteiger partial charge in [0.1, 0.15) is 0 Å². The van der Waals surface area contributed by atoms with Gasteiger partial charge >= 0.3 is 0 Å². The molecule has 3 N–H and O–H groups in total. The summed E-state index contributed by atoms with van der Waals surface area (Å²) in [6, 6.07) is 5.82. The number of nitrogens with one attached hydrogen (secondary N) is 1. The Morgan fingerprint density at radius 3 is 2.44 bits per heavy atom. The lowest BCUT2D eigenvalue weighted by molar-refractivity contribution is 0.269. The van der Waals surface area contributed by atoms with Crippen LogP contribution in [-0.2, 0) is 6.42 Å². The van der Waals surface area contributed by atoms with Crippen LogP contribution in [0, 0.1) is 5.41 Å². The van der Waals surface area contributed by atoms with Crippen LogP contribution in [0.5, 0.6) is 0 Å². The van der Waals surface area contributed by atoms with E-state index in [4.69, 9.17) is 29.0 Å². The fourth-order valence-electron chi connectivity index (χ4n) is 1.54. The molecule has 0 bridgehead atoms. The zero-order chi connectivity index (χ0) is 12.3. The molecule has 0 saturated carbocycles. The SMILES string of the molecule is CC(C)(C)C(Cc1cccc(Cl)c1Cl)NN. The number of hydrogen-bond acceptors (Lipinski definition) is 2. The van der Waals surface area contributed by atoms with Crippen LogP contribution in [-0.4, -0.2) is 6.04 Å². The van der Waals surface area contributed by atoms with Gasteiger partial charge in [0.15, 0.2) is 0 Å². The van der Waals surface area contributed by atoms with Crippen LogP contribution in [0.25, 0.3) is 0 Å². The molecule has 0 spiro atoms. The van der Waals surface area contributed by atoms with Gasteiger partial charge in [0.25, 0.3) is 0 Å². The molecule has 0 aliphatic heterocycles. The van der Waals surface area contributed by atoms with Crippen molar-refractivity contribution in [1.29, 1.82) is 0 Å². The first-order valence-corrected chi connectivity index (χ1v) is 6.01. The van der Waals surface area contributed by atoms with E-state index >= 15 is 0 Å². The number of rotatable bonds is 3. The van der Waals surface area contributed by atoms with Crippen molar-refractivity contribution < 1.29 is 0 Å². The number of hydrazine groups is 1. The Morgan fingerprint density at radius 1 is 1.31 bits per heavy atom. The Kier molecular flexibility index (Phi) is 4.62. The summed E-state index contributed by atoms with van der Waals surface area (Å²) in [6.45, 7) is 6.40. The largest absolute Gasteiger partial charge is 0.271 e. The lowest BCUT2D eigenvalue weighted by Gasteiger charge is -2.30. The molecule has 0 heterocycles. The van der Waals surface area contributed by atoms with Gasteiger partial charge in [-0.05, 0) is 23.5 Å². The van der Waals surface area contributed by atoms with Crippen molar-refractivity contribution in [1.82, 2.24) is 5.43 Å². The highest BCUT2D eigenvalue weighted by molar-refractivity contribution is 6.42. The smallest absolute Gasteiger partial charge is 0.0624 e. The van der Waals surface area contributed by atoms with Crippen molar-refractivity contribution in [2.24, 2.45) is 11.3 Å². The van der Waals surface area contributed by atoms with Gasteiger partial charge in [-0.25, -0.2) is 0 Å². The van der Waals surface area contributed by atoms with E-state index in [9.17, 15) is 0 Å². The van der Waals surface area contributed by atoms with Gasteiger partial charge in [-0.3, -0.25) is 11.3 Å². The van der Waals surface area contributed by atoms with Crippen molar-refractivity contribution >= 4 is 23.2 Å². The van der Waals surface area contributed by atoms with Crippen LogP contribution in [0.2, 0.25) is 10.0 Å². The van der Waals surface area contributed by atoms with Gasteiger partial charge in [-0.1, -0.05) is 56.1 Å². The first kappa shape index (κ1) is 13.8. The zero-order valence-corrected chi connectivity index (χ0v) is 11.4. The number of nitrogens with two attached hydrogens (primary N) is 1. The second-order valence-electron chi connectivity index (χ2n) is 5.00. The number of halogens is 2. The molecule has 16 heavy (non-hydrogen) atoms. The molecule has 2 nitrogen and oxygen atoms in total. The van der Waals surface area contributed by atoms with Crippen LogP contribution in [0.4, 0.5) is 0 Å². The van der Waals surface area contributed by atoms with Gasteiger partial charge in [0, 0.05) is 6.04 Å². The van der Waals surface area contributed by atoms with Crippen LogP contribution < -0.4 is 11.3 Å². The van der Waals surface area contributed by atoms with Crippen molar-refractivity contribution in [3.05, 3.63) is 33.8 Å². The summed E-state index contributed by atoms with van der Waals surface area (Å²) in [7, 11) is 0. The maximum absolute atomic E-state index is 6.14. The van der Waals surface area contributed by atoms with Crippen molar-refractivity contribution in [2.45, 2.75) is 33.2 Å². The summed E-state index contributed by atoms with van der Waals surface area (Å²) >= 11 is 12.1. The minimum atomic E-state index is 0.0698. The second-order valence-corrected chi connectivity index (χ2v) is 5.79. The predicted octanol–water partition coefficient (Wildman–Crippen LogP) is 3.41. The summed E-state index contributed by atoms with van der Waals surface area (Å²) in [4.78, 5) is 0. The van der Waals surface area contributed by atoms with E-state index in [0.29, 0.717) is 10.0 Å². The average molecular weight is 261 g/mol. The van der Waals surface area contributed by atoms with Crippen molar-refractivity contribution in [3.63, 3.8) is 0 Å². The summed E-state index contributed by atoms with van der Waals surface area (Å²) in [5.41, 5.74) is 3.93. The van der Waals surface area contributed by atoms with E-state index in [1.54, 1.807) is 6.07 Å². The van der Waals surface area contributed by atoms with E-state index in [1.165, 1.54) is 0 Å². The molecule has 90 valence electrons. The van der Waals surface area contributed by atoms with Crippen LogP contribution >= 0.6 is 23.2 Å². The zero-order valence-electron chi connectivity index (χ0n) is 9.85. The molecule has 0 fully saturated rings. The standard InChI is InChI=1S/C12H18Cl2N2/c1-12(2,3)10(16-15)7-8-5-4-6-9(13)11(8)14/h4-6,10,16H,7,15H2,1-3H3. The Morgan fingerprint density at radius 2 is 1.94 bits per heavy atom. The quantitative estimate of drug-likeness (QED) is 0.646. The first-order chi connectivity index (χ1) is 7.36. The predicted molar refractivity (Wildman–Crippen MR) is 70.7 cm³/mol. The Balaban J connectivity index is 2.91. The minimum Gasteiger partial charge on any atom is -0.271 e. The molecule has 1 aromatic rings. The van der Waals surface area contributed by atoms with E-state index < -0.39 is 0 Å². The summed E-state index contributed by atoms with van der Waals surface area (Å²) in [5, 5.41) is 1.21. The molecule has 0 aliphatic rings. The molecular weight excluding hydrogens is 243 g/mol. The minimum absolute atomic E-state index is 0.0698. The third-order valence-electron chi connectivity index (χ3n) is 2.70. The maximum atomic E-state index is 6.14. The van der Waals surface area contributed by atoms with Crippen molar-refractivity contribution in [2.75, 3.05) is 0 Å². The first-order valence-electron chi connectivity index (χ1n) is 5.25. The van der Waals surface area contributed by atoms with Crippen LogP contribution in [0.1, 0.15) is 26.3 Å². The van der Waals surface area contributed by atoms with E-state index in [1.807, 2.05) is 12.1 Å². The average Bonchev–Trinajstić information content (AvgIpc) is 2.18. The summed E-state index contributed by atoms with van der Waals surface area (Å²) in [6.07, 6.45) is 0.763. The molecular formula is C12H18Cl2N2. The van der Waals surface area contributed by atoms with Gasteiger partial charge < -0.3 is 0 Å². The highest BCUT2D eigenvalue weighted by atomic mass is 35.5. The third kappa shape index (κ3) is 3.36. The highest BCUT2D eigenvalue weighted by Gasteiger charge is 2.24. The molecule has 1 unspecified atom stereocenters. The van der Waals surface area contributed by atoms with Gasteiger partial charge in [-0.15, -0.1) is 0 Å². The summed E-state index contributed by atoms with van der Waals surface area (Å²) < 4.78 is 0. The Hall–Kier alpha value is -0.280. The van der Waals surface area contributed by atoms with Crippen molar-refractivity contribution in [3.8, 4) is 0 Å². The topological polar surface area (TPSA) is 38.0 Å². The normalized spacial score (nSPS) is 13.9. The molecule has 0 aliphatic carbocycles. The molecule has 0 saturated heterocycles. The lowest BCUT2D eigenvalue weighted by Crippen LogP contribution is -2.45. The van der Waals surface area contributed by atoms with Crippen LogP contribution in [0.3, 0.4) is 0 Å². The maximum Gasteiger partial charge on any atom is 0.0624 e. The fourth-order valence-corrected chi connectivity index (χ4v) is 1.94. The van der Waals surface area contributed by atoms with E-state index in [-0.39, 0.29) is 11.5 Å². The molecule has 4 heteroatoms. The van der Waals surface area contributed by atoms with Crippen LogP contribution in [0.15, 0.2) is 18.2 Å². The van der Waals surface area contributed by atoms with E-state index in [2.05, 4.69) is 26.2 Å². The van der Waals surface area contributed by atoms with Gasteiger partial charge in [0.05, 0.1) is 10.0 Å².